The van der Waals surface area contributed by atoms with Crippen molar-refractivity contribution in [2.75, 3.05) is 13.2 Å². The summed E-state index contributed by atoms with van der Waals surface area (Å²) in [5.74, 6) is 0.583. The Kier molecular flexibility index (Phi) is 4.97. The zero-order valence-electron chi connectivity index (χ0n) is 6.18. The number of rotatable bonds is 3. The second-order valence-corrected chi connectivity index (χ2v) is 1.46. The topological polar surface area (TPSA) is 30.8 Å². The molecule has 0 aromatic rings. The Balaban J connectivity index is 3.30. The van der Waals surface area contributed by atoms with Crippen molar-refractivity contribution in [2.24, 2.45) is 5.16 Å². The molecular formula is C6H13NO2. The number of hydrogen-bond acceptors (Lipinski definition) is 3. The van der Waals surface area contributed by atoms with Gasteiger partial charge < -0.3 is 9.57 Å². The van der Waals surface area contributed by atoms with Crippen LogP contribution in [0.1, 0.15) is 20.8 Å². The van der Waals surface area contributed by atoms with Crippen molar-refractivity contribution in [3.63, 3.8) is 0 Å². The van der Waals surface area contributed by atoms with Crippen molar-refractivity contribution >= 4 is 5.90 Å². The summed E-state index contributed by atoms with van der Waals surface area (Å²) in [7, 11) is 0. The van der Waals surface area contributed by atoms with Gasteiger partial charge in [0.25, 0.3) is 0 Å². The number of ether oxygens (including phenoxy) is 1. The van der Waals surface area contributed by atoms with Gasteiger partial charge >= 0.3 is 0 Å². The first-order valence-electron chi connectivity index (χ1n) is 3.10. The van der Waals surface area contributed by atoms with E-state index < -0.39 is 0 Å². The first-order chi connectivity index (χ1) is 4.31. The molecule has 0 aliphatic carbocycles. The Bertz CT molecular complexity index is 91.1. The summed E-state index contributed by atoms with van der Waals surface area (Å²) in [5.41, 5.74) is 0. The predicted octanol–water partition coefficient (Wildman–Crippen LogP) is 1.39. The van der Waals surface area contributed by atoms with Crippen molar-refractivity contribution in [1.82, 2.24) is 0 Å². The third-order valence-corrected chi connectivity index (χ3v) is 0.675. The molecular weight excluding hydrogens is 118 g/mol. The van der Waals surface area contributed by atoms with E-state index in [2.05, 4.69) is 5.16 Å². The molecule has 0 atom stereocenters. The first kappa shape index (κ1) is 8.27. The van der Waals surface area contributed by atoms with Gasteiger partial charge in [-0.1, -0.05) is 5.16 Å². The molecule has 0 spiro atoms. The smallest absolute Gasteiger partial charge is 0.222 e. The van der Waals surface area contributed by atoms with E-state index in [9.17, 15) is 0 Å². The van der Waals surface area contributed by atoms with E-state index in [0.717, 1.165) is 0 Å². The third-order valence-electron chi connectivity index (χ3n) is 0.675. The minimum Gasteiger partial charge on any atom is -0.479 e. The highest BCUT2D eigenvalue weighted by molar-refractivity contribution is 5.72. The molecule has 0 aliphatic heterocycles. The highest BCUT2D eigenvalue weighted by Crippen LogP contribution is 1.82. The van der Waals surface area contributed by atoms with Crippen LogP contribution in [-0.4, -0.2) is 19.1 Å². The minimum absolute atomic E-state index is 0.583. The standard InChI is InChI=1S/C6H13NO2/c1-4-8-6(3)7-9-5-2/h4-5H2,1-3H3/b7-6-. The van der Waals surface area contributed by atoms with Crippen LogP contribution in [0.5, 0.6) is 0 Å². The first-order valence-corrected chi connectivity index (χ1v) is 3.10. The lowest BCUT2D eigenvalue weighted by Gasteiger charge is -1.99. The van der Waals surface area contributed by atoms with Gasteiger partial charge in [0, 0.05) is 6.92 Å². The molecule has 0 saturated heterocycles. The summed E-state index contributed by atoms with van der Waals surface area (Å²) in [6.07, 6.45) is 0. The van der Waals surface area contributed by atoms with Crippen LogP contribution < -0.4 is 0 Å². The Morgan fingerprint density at radius 1 is 1.33 bits per heavy atom. The molecule has 0 rings (SSSR count). The van der Waals surface area contributed by atoms with Crippen LogP contribution in [0.2, 0.25) is 0 Å². The summed E-state index contributed by atoms with van der Waals surface area (Å²) in [5, 5.41) is 3.63. The van der Waals surface area contributed by atoms with Gasteiger partial charge in [-0.05, 0) is 13.8 Å². The lowest BCUT2D eigenvalue weighted by atomic mass is 10.7. The average Bonchev–Trinajstić information content (AvgIpc) is 1.85. The van der Waals surface area contributed by atoms with Gasteiger partial charge in [0.2, 0.25) is 5.90 Å². The molecule has 0 aromatic heterocycles. The predicted molar refractivity (Wildman–Crippen MR) is 36.4 cm³/mol. The molecule has 0 unspecified atom stereocenters. The molecule has 0 N–H and O–H groups in total. The molecule has 0 fully saturated rings. The summed E-state index contributed by atoms with van der Waals surface area (Å²) in [6.45, 7) is 6.78. The van der Waals surface area contributed by atoms with Gasteiger partial charge in [0.15, 0.2) is 0 Å². The Morgan fingerprint density at radius 2 is 2.00 bits per heavy atom. The maximum absolute atomic E-state index is 4.97. The molecule has 3 nitrogen and oxygen atoms in total. The summed E-state index contributed by atoms with van der Waals surface area (Å²) >= 11 is 0. The van der Waals surface area contributed by atoms with Gasteiger partial charge in [-0.2, -0.15) is 0 Å². The van der Waals surface area contributed by atoms with E-state index in [1.807, 2.05) is 13.8 Å². The molecule has 3 heteroatoms. The molecule has 0 saturated carbocycles. The van der Waals surface area contributed by atoms with Crippen molar-refractivity contribution in [2.45, 2.75) is 20.8 Å². The number of hydrogen-bond donors (Lipinski definition) is 0. The van der Waals surface area contributed by atoms with Crippen molar-refractivity contribution < 1.29 is 9.57 Å². The Morgan fingerprint density at radius 3 is 2.44 bits per heavy atom. The zero-order valence-corrected chi connectivity index (χ0v) is 6.18. The summed E-state index contributed by atoms with van der Waals surface area (Å²) in [4.78, 5) is 4.71. The second kappa shape index (κ2) is 5.41. The maximum atomic E-state index is 4.97. The Hall–Kier alpha value is -0.730. The largest absolute Gasteiger partial charge is 0.479 e. The lowest BCUT2D eigenvalue weighted by Crippen LogP contribution is -1.99. The highest BCUT2D eigenvalue weighted by Gasteiger charge is 1.85. The SMILES string of the molecule is CCO/N=C(/C)OCC. The minimum atomic E-state index is 0.583. The molecule has 0 aromatic carbocycles. The van der Waals surface area contributed by atoms with E-state index >= 15 is 0 Å². The van der Waals surface area contributed by atoms with Crippen LogP contribution in [0, 0.1) is 0 Å². The second-order valence-electron chi connectivity index (χ2n) is 1.46. The molecule has 9 heavy (non-hydrogen) atoms. The summed E-state index contributed by atoms with van der Waals surface area (Å²) in [6, 6.07) is 0. The van der Waals surface area contributed by atoms with Crippen LogP contribution in [-0.2, 0) is 9.57 Å². The van der Waals surface area contributed by atoms with E-state index in [1.54, 1.807) is 6.92 Å². The van der Waals surface area contributed by atoms with Crippen molar-refractivity contribution in [3.05, 3.63) is 0 Å². The third kappa shape index (κ3) is 5.14. The molecule has 54 valence electrons. The van der Waals surface area contributed by atoms with Crippen molar-refractivity contribution in [3.8, 4) is 0 Å². The van der Waals surface area contributed by atoms with Crippen LogP contribution in [0.3, 0.4) is 0 Å². The van der Waals surface area contributed by atoms with E-state index in [1.165, 1.54) is 0 Å². The fourth-order valence-corrected chi connectivity index (χ4v) is 0.391. The maximum Gasteiger partial charge on any atom is 0.222 e. The van der Waals surface area contributed by atoms with Gasteiger partial charge in [-0.25, -0.2) is 0 Å². The van der Waals surface area contributed by atoms with Crippen LogP contribution in [0.15, 0.2) is 5.16 Å². The van der Waals surface area contributed by atoms with E-state index in [-0.39, 0.29) is 0 Å². The molecule has 0 heterocycles. The van der Waals surface area contributed by atoms with Gasteiger partial charge in [0.05, 0.1) is 6.61 Å². The lowest BCUT2D eigenvalue weighted by molar-refractivity contribution is 0.145. The van der Waals surface area contributed by atoms with E-state index in [0.29, 0.717) is 19.1 Å². The zero-order chi connectivity index (χ0) is 7.11. The molecule has 0 amide bonds. The fourth-order valence-electron chi connectivity index (χ4n) is 0.391. The molecule has 0 radical (unpaired) electrons. The van der Waals surface area contributed by atoms with Crippen LogP contribution >= 0.6 is 0 Å². The fraction of sp³-hybridized carbons (Fsp3) is 0.833. The summed E-state index contributed by atoms with van der Waals surface area (Å²) < 4.78 is 4.97. The highest BCUT2D eigenvalue weighted by atomic mass is 16.6. The normalized spacial score (nSPS) is 11.2. The van der Waals surface area contributed by atoms with Crippen LogP contribution in [0.4, 0.5) is 0 Å². The molecule has 0 aliphatic rings. The average molecular weight is 131 g/mol. The molecule has 0 bridgehead atoms. The van der Waals surface area contributed by atoms with Gasteiger partial charge in [0.1, 0.15) is 6.61 Å². The number of oxime groups is 1. The quantitative estimate of drug-likeness (QED) is 0.329. The van der Waals surface area contributed by atoms with Gasteiger partial charge in [-0.15, -0.1) is 0 Å². The monoisotopic (exact) mass is 131 g/mol. The number of nitrogens with zero attached hydrogens (tertiary/aromatic N) is 1. The Labute approximate surface area is 55.6 Å². The van der Waals surface area contributed by atoms with Gasteiger partial charge in [-0.3, -0.25) is 0 Å². The van der Waals surface area contributed by atoms with Crippen LogP contribution in [0.25, 0.3) is 0 Å². The van der Waals surface area contributed by atoms with Crippen molar-refractivity contribution in [1.29, 1.82) is 0 Å². The van der Waals surface area contributed by atoms with E-state index in [4.69, 9.17) is 9.57 Å².